The van der Waals surface area contributed by atoms with Crippen LogP contribution in [0.3, 0.4) is 0 Å². The molecule has 9 heteroatoms. The molecule has 1 aromatic carbocycles. The molecule has 3 rings (SSSR count). The fraction of sp³-hybridized carbons (Fsp3) is 0.0714. The molecular weight excluding hydrogens is 306 g/mol. The molecule has 0 saturated heterocycles. The molecule has 0 aliphatic carbocycles. The van der Waals surface area contributed by atoms with Crippen molar-refractivity contribution in [1.29, 1.82) is 0 Å². The Morgan fingerprint density at radius 1 is 1.30 bits per heavy atom. The van der Waals surface area contributed by atoms with Gasteiger partial charge < -0.3 is 16.0 Å². The highest BCUT2D eigenvalue weighted by molar-refractivity contribution is 6.05. The number of benzene rings is 1. The second-order valence-corrected chi connectivity index (χ2v) is 4.75. The second-order valence-electron chi connectivity index (χ2n) is 4.75. The number of nitrogens with two attached hydrogens (primary N) is 1. The van der Waals surface area contributed by atoms with E-state index in [0.717, 1.165) is 17.0 Å². The minimum atomic E-state index is -1.03. The number of nitrogen functional groups attached to an aromatic ring is 1. The van der Waals surface area contributed by atoms with Crippen molar-refractivity contribution >= 4 is 34.3 Å². The molecule has 7 nitrogen and oxygen atoms in total. The topological polar surface area (TPSA) is 99.9 Å². The molecule has 0 bridgehead atoms. The minimum absolute atomic E-state index is 0.264. The highest BCUT2D eigenvalue weighted by Crippen LogP contribution is 2.25. The molecule has 2 amide bonds. The number of urea groups is 1. The Bertz CT molecular complexity index is 894. The molecule has 0 spiro atoms. The number of amides is 2. The van der Waals surface area contributed by atoms with E-state index in [1.807, 2.05) is 0 Å². The summed E-state index contributed by atoms with van der Waals surface area (Å²) in [5, 5.41) is 2.76. The number of hydrogen-bond acceptors (Lipinski definition) is 4. The van der Waals surface area contributed by atoms with E-state index in [0.29, 0.717) is 16.9 Å². The number of carbonyl (C=O) groups is 1. The van der Waals surface area contributed by atoms with Crippen LogP contribution in [0.1, 0.15) is 0 Å². The van der Waals surface area contributed by atoms with E-state index >= 15 is 0 Å². The smallest absolute Gasteiger partial charge is 0.327 e. The Morgan fingerprint density at radius 2 is 2.09 bits per heavy atom. The summed E-state index contributed by atoms with van der Waals surface area (Å²) < 4.78 is 27.6. The van der Waals surface area contributed by atoms with Crippen LogP contribution in [0, 0.1) is 11.6 Å². The quantitative estimate of drug-likeness (QED) is 0.632. The number of carbonyl (C=O) groups excluding carboxylic acids is 1. The number of nitrogens with one attached hydrogen (secondary N) is 2. The first-order valence-electron chi connectivity index (χ1n) is 6.55. The molecule has 0 aliphatic heterocycles. The predicted octanol–water partition coefficient (Wildman–Crippen LogP) is 2.49. The Kier molecular flexibility index (Phi) is 3.53. The number of aromatic nitrogens is 3. The number of halogens is 2. The number of H-pyrrole nitrogens is 1. The van der Waals surface area contributed by atoms with Gasteiger partial charge in [-0.05, 0) is 18.2 Å². The van der Waals surface area contributed by atoms with Crippen LogP contribution < -0.4 is 16.0 Å². The Labute approximate surface area is 129 Å². The van der Waals surface area contributed by atoms with Gasteiger partial charge in [-0.2, -0.15) is 0 Å². The molecule has 4 N–H and O–H groups in total. The Hall–Kier alpha value is -3.23. The summed E-state index contributed by atoms with van der Waals surface area (Å²) in [5.74, 6) is -1.66. The number of hydrogen-bond donors (Lipinski definition) is 3. The summed E-state index contributed by atoms with van der Waals surface area (Å²) >= 11 is 0. The first kappa shape index (κ1) is 14.7. The predicted molar refractivity (Wildman–Crippen MR) is 82.1 cm³/mol. The highest BCUT2D eigenvalue weighted by Gasteiger charge is 2.20. The van der Waals surface area contributed by atoms with Gasteiger partial charge in [0, 0.05) is 13.2 Å². The molecular formula is C14H12F2N6O. The first-order chi connectivity index (χ1) is 11.0. The van der Waals surface area contributed by atoms with Crippen molar-refractivity contribution in [2.24, 2.45) is 0 Å². The normalized spacial score (nSPS) is 10.7. The van der Waals surface area contributed by atoms with Crippen molar-refractivity contribution in [1.82, 2.24) is 15.0 Å². The third-order valence-electron chi connectivity index (χ3n) is 3.31. The van der Waals surface area contributed by atoms with Gasteiger partial charge in [-0.1, -0.05) is 0 Å². The van der Waals surface area contributed by atoms with Gasteiger partial charge in [0.25, 0.3) is 0 Å². The molecule has 0 atom stereocenters. The van der Waals surface area contributed by atoms with Gasteiger partial charge in [0.05, 0.1) is 11.1 Å². The number of nitrogens with zero attached hydrogens (tertiary/aromatic N) is 3. The first-order valence-corrected chi connectivity index (χ1v) is 6.55. The fourth-order valence-corrected chi connectivity index (χ4v) is 2.10. The van der Waals surface area contributed by atoms with Gasteiger partial charge in [0.1, 0.15) is 29.3 Å². The van der Waals surface area contributed by atoms with Gasteiger partial charge in [0.15, 0.2) is 5.82 Å². The third-order valence-corrected chi connectivity index (χ3v) is 3.31. The van der Waals surface area contributed by atoms with E-state index < -0.39 is 23.4 Å². The van der Waals surface area contributed by atoms with Crippen LogP contribution in [0.25, 0.3) is 11.0 Å². The monoisotopic (exact) mass is 318 g/mol. The van der Waals surface area contributed by atoms with Crippen molar-refractivity contribution < 1.29 is 13.6 Å². The van der Waals surface area contributed by atoms with Crippen molar-refractivity contribution in [3.05, 3.63) is 42.4 Å². The molecule has 118 valence electrons. The number of fused-ring (bicyclic) bond motifs is 1. The largest absolute Gasteiger partial charge is 0.396 e. The van der Waals surface area contributed by atoms with Crippen molar-refractivity contribution in [2.45, 2.75) is 0 Å². The third kappa shape index (κ3) is 2.52. The van der Waals surface area contributed by atoms with E-state index in [1.165, 1.54) is 13.4 Å². The van der Waals surface area contributed by atoms with Crippen molar-refractivity contribution in [2.75, 3.05) is 23.0 Å². The van der Waals surface area contributed by atoms with E-state index in [-0.39, 0.29) is 5.69 Å². The van der Waals surface area contributed by atoms with Crippen molar-refractivity contribution in [3.8, 4) is 0 Å². The molecule has 0 fully saturated rings. The maximum Gasteiger partial charge on any atom is 0.327 e. The van der Waals surface area contributed by atoms with E-state index in [2.05, 4.69) is 20.3 Å². The van der Waals surface area contributed by atoms with Crippen molar-refractivity contribution in [3.63, 3.8) is 0 Å². The van der Waals surface area contributed by atoms with Crippen LogP contribution in [0.4, 0.5) is 30.8 Å². The minimum Gasteiger partial charge on any atom is -0.396 e. The summed E-state index contributed by atoms with van der Waals surface area (Å²) in [7, 11) is 1.42. The summed E-state index contributed by atoms with van der Waals surface area (Å²) in [5.41, 5.74) is 5.05. The molecule has 23 heavy (non-hydrogen) atoms. The second kappa shape index (κ2) is 5.52. The van der Waals surface area contributed by atoms with Gasteiger partial charge in [-0.15, -0.1) is 0 Å². The number of rotatable bonds is 2. The van der Waals surface area contributed by atoms with Crippen LogP contribution in [0.2, 0.25) is 0 Å². The van der Waals surface area contributed by atoms with Crippen LogP contribution in [0.15, 0.2) is 30.7 Å². The van der Waals surface area contributed by atoms with Gasteiger partial charge in [0.2, 0.25) is 0 Å². The van der Waals surface area contributed by atoms with Crippen LogP contribution in [-0.2, 0) is 0 Å². The summed E-state index contributed by atoms with van der Waals surface area (Å²) in [6.07, 6.45) is 2.92. The van der Waals surface area contributed by atoms with Crippen LogP contribution >= 0.6 is 0 Å². The standard InChI is InChI=1S/C14H12F2N6O/c1-22(13-7-4-5-18-12(7)19-6-20-13)14(23)21-11-8(15)2-3-9(17)10(11)16/h2-6H,17H2,1H3,(H,21,23)(H,18,19,20). The van der Waals surface area contributed by atoms with Crippen LogP contribution in [0.5, 0.6) is 0 Å². The summed E-state index contributed by atoms with van der Waals surface area (Å²) in [4.78, 5) is 24.3. The molecule has 2 heterocycles. The molecule has 3 aromatic rings. The zero-order valence-electron chi connectivity index (χ0n) is 12.0. The number of anilines is 3. The number of aromatic amines is 1. The Morgan fingerprint density at radius 3 is 2.87 bits per heavy atom. The zero-order chi connectivity index (χ0) is 16.6. The average molecular weight is 318 g/mol. The Balaban J connectivity index is 1.92. The molecule has 0 radical (unpaired) electrons. The lowest BCUT2D eigenvalue weighted by Crippen LogP contribution is -2.32. The van der Waals surface area contributed by atoms with Crippen LogP contribution in [-0.4, -0.2) is 28.0 Å². The fourth-order valence-electron chi connectivity index (χ4n) is 2.10. The summed E-state index contributed by atoms with van der Waals surface area (Å²) in [6, 6.07) is 2.98. The maximum absolute atomic E-state index is 13.9. The molecule has 0 saturated carbocycles. The molecule has 0 aliphatic rings. The van der Waals surface area contributed by atoms with Gasteiger partial charge >= 0.3 is 6.03 Å². The van der Waals surface area contributed by atoms with E-state index in [4.69, 9.17) is 5.73 Å². The lowest BCUT2D eigenvalue weighted by molar-refractivity contribution is 0.257. The van der Waals surface area contributed by atoms with E-state index in [9.17, 15) is 13.6 Å². The van der Waals surface area contributed by atoms with E-state index in [1.54, 1.807) is 12.3 Å². The maximum atomic E-state index is 13.9. The summed E-state index contributed by atoms with van der Waals surface area (Å²) in [6.45, 7) is 0. The SMILES string of the molecule is CN(C(=O)Nc1c(F)ccc(N)c1F)c1ncnc2[nH]ccc12. The molecule has 2 aromatic heterocycles. The lowest BCUT2D eigenvalue weighted by Gasteiger charge is -2.18. The average Bonchev–Trinajstić information content (AvgIpc) is 3.02. The molecule has 0 unspecified atom stereocenters. The van der Waals surface area contributed by atoms with Gasteiger partial charge in [-0.25, -0.2) is 23.5 Å². The lowest BCUT2D eigenvalue weighted by atomic mass is 10.2. The zero-order valence-corrected chi connectivity index (χ0v) is 12.0. The van der Waals surface area contributed by atoms with Gasteiger partial charge in [-0.3, -0.25) is 4.90 Å². The highest BCUT2D eigenvalue weighted by atomic mass is 19.1.